The average Bonchev–Trinajstić information content (AvgIpc) is 2.45. The minimum atomic E-state index is 0.879. The Morgan fingerprint density at radius 1 is 0.895 bits per heavy atom. The van der Waals surface area contributed by atoms with Crippen molar-refractivity contribution in [3.05, 3.63) is 59.7 Å². The molecule has 98 valence electrons. The summed E-state index contributed by atoms with van der Waals surface area (Å²) in [5.41, 5.74) is 3.52. The molecule has 2 aromatic carbocycles. The van der Waals surface area contributed by atoms with Crippen LogP contribution in [-0.2, 0) is 0 Å². The molecule has 0 heterocycles. The maximum Gasteiger partial charge on any atom is 0.119 e. The van der Waals surface area contributed by atoms with Gasteiger partial charge in [0.15, 0.2) is 0 Å². The Morgan fingerprint density at radius 3 is 2.16 bits per heavy atom. The molecular formula is C17H19NO. The standard InChI is InChI=1S/C17H19NO/c1-18(2)16-8-4-6-14(12-16)10-11-15-7-5-9-17(13-15)19-3/h4-13H,1-3H3/b11-10+. The monoisotopic (exact) mass is 253 g/mol. The molecule has 0 unspecified atom stereocenters. The lowest BCUT2D eigenvalue weighted by Crippen LogP contribution is -2.08. The van der Waals surface area contributed by atoms with Gasteiger partial charge in [0.1, 0.15) is 5.75 Å². The molecule has 2 rings (SSSR count). The SMILES string of the molecule is COc1cccc(/C=C/c2cccc(N(C)C)c2)c1. The third-order valence-corrected chi connectivity index (χ3v) is 2.95. The highest BCUT2D eigenvalue weighted by Gasteiger charge is 1.95. The van der Waals surface area contributed by atoms with E-state index in [1.807, 2.05) is 32.3 Å². The van der Waals surface area contributed by atoms with Crippen molar-refractivity contribution < 1.29 is 4.74 Å². The summed E-state index contributed by atoms with van der Waals surface area (Å²) in [7, 11) is 5.78. The minimum absolute atomic E-state index is 0.879. The molecule has 2 aromatic rings. The van der Waals surface area contributed by atoms with Crippen LogP contribution in [0.4, 0.5) is 5.69 Å². The van der Waals surface area contributed by atoms with Crippen molar-refractivity contribution in [1.82, 2.24) is 0 Å². The Balaban J connectivity index is 2.19. The fraction of sp³-hybridized carbons (Fsp3) is 0.176. The zero-order valence-electron chi connectivity index (χ0n) is 11.6. The summed E-state index contributed by atoms with van der Waals surface area (Å²) in [6.07, 6.45) is 4.21. The average molecular weight is 253 g/mol. The molecule has 0 aliphatic carbocycles. The van der Waals surface area contributed by atoms with Crippen molar-refractivity contribution in [2.75, 3.05) is 26.1 Å². The van der Waals surface area contributed by atoms with Crippen LogP contribution in [0.1, 0.15) is 11.1 Å². The zero-order valence-corrected chi connectivity index (χ0v) is 11.6. The van der Waals surface area contributed by atoms with Gasteiger partial charge in [0.25, 0.3) is 0 Å². The van der Waals surface area contributed by atoms with Gasteiger partial charge in [-0.2, -0.15) is 0 Å². The van der Waals surface area contributed by atoms with E-state index in [9.17, 15) is 0 Å². The lowest BCUT2D eigenvalue weighted by molar-refractivity contribution is 0.414. The molecule has 0 saturated carbocycles. The van der Waals surface area contributed by atoms with Gasteiger partial charge in [0.2, 0.25) is 0 Å². The second kappa shape index (κ2) is 6.10. The molecule has 19 heavy (non-hydrogen) atoms. The van der Waals surface area contributed by atoms with E-state index in [1.165, 1.54) is 11.3 Å². The fourth-order valence-electron chi connectivity index (χ4n) is 1.84. The summed E-state index contributed by atoms with van der Waals surface area (Å²) < 4.78 is 5.22. The largest absolute Gasteiger partial charge is 0.497 e. The number of methoxy groups -OCH3 is 1. The Labute approximate surface area is 114 Å². The van der Waals surface area contributed by atoms with Gasteiger partial charge in [-0.25, -0.2) is 0 Å². The van der Waals surface area contributed by atoms with Crippen molar-refractivity contribution in [2.45, 2.75) is 0 Å². The highest BCUT2D eigenvalue weighted by atomic mass is 16.5. The van der Waals surface area contributed by atoms with Gasteiger partial charge in [-0.1, -0.05) is 36.4 Å². The Hall–Kier alpha value is -2.22. The summed E-state index contributed by atoms with van der Waals surface area (Å²) in [5, 5.41) is 0. The molecule has 0 aliphatic rings. The number of rotatable bonds is 4. The van der Waals surface area contributed by atoms with E-state index in [4.69, 9.17) is 4.74 Å². The molecule has 0 saturated heterocycles. The number of anilines is 1. The quantitative estimate of drug-likeness (QED) is 0.765. The Kier molecular flexibility index (Phi) is 4.24. The van der Waals surface area contributed by atoms with Crippen LogP contribution in [0.5, 0.6) is 5.75 Å². The summed E-state index contributed by atoms with van der Waals surface area (Å²) >= 11 is 0. The maximum atomic E-state index is 5.22. The van der Waals surface area contributed by atoms with Crippen molar-refractivity contribution in [2.24, 2.45) is 0 Å². The van der Waals surface area contributed by atoms with Crippen molar-refractivity contribution in [3.63, 3.8) is 0 Å². The van der Waals surface area contributed by atoms with Crippen LogP contribution in [0.15, 0.2) is 48.5 Å². The first-order valence-corrected chi connectivity index (χ1v) is 6.28. The summed E-state index contributed by atoms with van der Waals surface area (Å²) in [4.78, 5) is 2.10. The first kappa shape index (κ1) is 13.2. The van der Waals surface area contributed by atoms with Gasteiger partial charge < -0.3 is 9.64 Å². The molecule has 2 nitrogen and oxygen atoms in total. The first-order valence-electron chi connectivity index (χ1n) is 6.28. The molecule has 0 atom stereocenters. The van der Waals surface area contributed by atoms with Crippen molar-refractivity contribution >= 4 is 17.8 Å². The minimum Gasteiger partial charge on any atom is -0.497 e. The van der Waals surface area contributed by atoms with Gasteiger partial charge in [-0.15, -0.1) is 0 Å². The van der Waals surface area contributed by atoms with Crippen LogP contribution in [0.25, 0.3) is 12.2 Å². The van der Waals surface area contributed by atoms with Gasteiger partial charge in [0.05, 0.1) is 7.11 Å². The normalized spacial score (nSPS) is 10.7. The van der Waals surface area contributed by atoms with E-state index in [1.54, 1.807) is 7.11 Å². The topological polar surface area (TPSA) is 12.5 Å². The molecule has 0 fully saturated rings. The molecule has 0 bridgehead atoms. The lowest BCUT2D eigenvalue weighted by Gasteiger charge is -2.12. The van der Waals surface area contributed by atoms with Crippen LogP contribution in [0, 0.1) is 0 Å². The Bertz CT molecular complexity index is 573. The van der Waals surface area contributed by atoms with Crippen molar-refractivity contribution in [1.29, 1.82) is 0 Å². The molecule has 0 aromatic heterocycles. The van der Waals surface area contributed by atoms with Crippen LogP contribution >= 0.6 is 0 Å². The third-order valence-electron chi connectivity index (χ3n) is 2.95. The van der Waals surface area contributed by atoms with Gasteiger partial charge >= 0.3 is 0 Å². The smallest absolute Gasteiger partial charge is 0.119 e. The molecule has 0 aliphatic heterocycles. The van der Waals surface area contributed by atoms with Gasteiger partial charge in [-0.05, 0) is 35.4 Å². The molecular weight excluding hydrogens is 234 g/mol. The number of benzene rings is 2. The van der Waals surface area contributed by atoms with Crippen LogP contribution in [0.2, 0.25) is 0 Å². The lowest BCUT2D eigenvalue weighted by atomic mass is 10.1. The maximum absolute atomic E-state index is 5.22. The second-order valence-corrected chi connectivity index (χ2v) is 4.60. The van der Waals surface area contributed by atoms with E-state index >= 15 is 0 Å². The molecule has 0 spiro atoms. The predicted molar refractivity (Wildman–Crippen MR) is 82.7 cm³/mol. The number of ether oxygens (including phenoxy) is 1. The Morgan fingerprint density at radius 2 is 1.53 bits per heavy atom. The molecule has 2 heteroatoms. The van der Waals surface area contributed by atoms with Crippen molar-refractivity contribution in [3.8, 4) is 5.75 Å². The summed E-state index contributed by atoms with van der Waals surface area (Å²) in [6.45, 7) is 0. The predicted octanol–water partition coefficient (Wildman–Crippen LogP) is 3.93. The third kappa shape index (κ3) is 3.62. The van der Waals surface area contributed by atoms with E-state index in [-0.39, 0.29) is 0 Å². The van der Waals surface area contributed by atoms with E-state index in [0.29, 0.717) is 0 Å². The first-order chi connectivity index (χ1) is 9.19. The fourth-order valence-corrected chi connectivity index (χ4v) is 1.84. The van der Waals surface area contributed by atoms with E-state index in [0.717, 1.165) is 11.3 Å². The number of nitrogens with zero attached hydrogens (tertiary/aromatic N) is 1. The number of hydrogen-bond acceptors (Lipinski definition) is 2. The van der Waals surface area contributed by atoms with Crippen LogP contribution < -0.4 is 9.64 Å². The number of hydrogen-bond donors (Lipinski definition) is 0. The van der Waals surface area contributed by atoms with Crippen LogP contribution in [0.3, 0.4) is 0 Å². The summed E-state index contributed by atoms with van der Waals surface area (Å²) in [6, 6.07) is 16.5. The van der Waals surface area contributed by atoms with Crippen LogP contribution in [-0.4, -0.2) is 21.2 Å². The highest BCUT2D eigenvalue weighted by Crippen LogP contribution is 2.17. The second-order valence-electron chi connectivity index (χ2n) is 4.60. The molecule has 0 amide bonds. The van der Waals surface area contributed by atoms with E-state index < -0.39 is 0 Å². The summed E-state index contributed by atoms with van der Waals surface area (Å²) in [5.74, 6) is 0.879. The van der Waals surface area contributed by atoms with Gasteiger partial charge in [0, 0.05) is 19.8 Å². The molecule has 0 radical (unpaired) electrons. The van der Waals surface area contributed by atoms with E-state index in [2.05, 4.69) is 47.4 Å². The molecule has 0 N–H and O–H groups in total. The van der Waals surface area contributed by atoms with Gasteiger partial charge in [-0.3, -0.25) is 0 Å². The highest BCUT2D eigenvalue weighted by molar-refractivity contribution is 5.71. The zero-order chi connectivity index (χ0) is 13.7.